The van der Waals surface area contributed by atoms with Crippen LogP contribution in [0.1, 0.15) is 31.7 Å². The van der Waals surface area contributed by atoms with Gasteiger partial charge in [0.2, 0.25) is 0 Å². The highest BCUT2D eigenvalue weighted by Gasteiger charge is 2.20. The number of carbonyl (C=O) groups excluding carboxylic acids is 2. The Hall–Kier alpha value is -3.55. The molecule has 8 heteroatoms. The molecule has 31 heavy (non-hydrogen) atoms. The van der Waals surface area contributed by atoms with Gasteiger partial charge in [0.25, 0.3) is 5.91 Å². The minimum absolute atomic E-state index is 0.0573. The van der Waals surface area contributed by atoms with E-state index in [0.717, 1.165) is 24.1 Å². The Bertz CT molecular complexity index is 1040. The van der Waals surface area contributed by atoms with E-state index in [0.29, 0.717) is 5.69 Å². The molecule has 0 fully saturated rings. The number of ether oxygens (including phenoxy) is 1. The number of amides is 1. The van der Waals surface area contributed by atoms with Crippen LogP contribution in [0.5, 0.6) is 0 Å². The van der Waals surface area contributed by atoms with Gasteiger partial charge in [0.15, 0.2) is 17.8 Å². The van der Waals surface area contributed by atoms with E-state index in [1.807, 2.05) is 19.1 Å². The Morgan fingerprint density at radius 2 is 1.81 bits per heavy atom. The summed E-state index contributed by atoms with van der Waals surface area (Å²) < 4.78 is 38.2. The van der Waals surface area contributed by atoms with Crippen LogP contribution in [0.4, 0.5) is 14.5 Å². The molecule has 1 heterocycles. The summed E-state index contributed by atoms with van der Waals surface area (Å²) in [5.41, 5.74) is 1.43. The SMILES string of the molecule is CCc1ccc(NC(=O)C(C)OC(=O)CCc2ncc(-c3c(F)cccc3F)o2)cc1. The van der Waals surface area contributed by atoms with Crippen molar-refractivity contribution >= 4 is 17.6 Å². The summed E-state index contributed by atoms with van der Waals surface area (Å²) in [7, 11) is 0. The Morgan fingerprint density at radius 1 is 1.13 bits per heavy atom. The molecule has 0 bridgehead atoms. The van der Waals surface area contributed by atoms with Crippen LogP contribution < -0.4 is 5.32 Å². The van der Waals surface area contributed by atoms with E-state index in [4.69, 9.17) is 9.15 Å². The van der Waals surface area contributed by atoms with E-state index in [1.165, 1.54) is 19.2 Å². The fourth-order valence-electron chi connectivity index (χ4n) is 2.86. The number of anilines is 1. The summed E-state index contributed by atoms with van der Waals surface area (Å²) in [5.74, 6) is -2.56. The van der Waals surface area contributed by atoms with Crippen LogP contribution in [0.25, 0.3) is 11.3 Å². The lowest BCUT2D eigenvalue weighted by molar-refractivity contribution is -0.153. The standard InChI is InChI=1S/C23H22F2N2O4/c1-3-15-7-9-16(10-8-15)27-23(29)14(2)30-21(28)12-11-20-26-13-19(31-20)22-17(24)5-4-6-18(22)25/h4-10,13-14H,3,11-12H2,1-2H3,(H,27,29). The van der Waals surface area contributed by atoms with Crippen LogP contribution in [0, 0.1) is 11.6 Å². The highest BCUT2D eigenvalue weighted by molar-refractivity contribution is 5.95. The molecular weight excluding hydrogens is 406 g/mol. The summed E-state index contributed by atoms with van der Waals surface area (Å²) in [5, 5.41) is 2.69. The van der Waals surface area contributed by atoms with Gasteiger partial charge in [-0.1, -0.05) is 25.1 Å². The molecule has 0 saturated carbocycles. The lowest BCUT2D eigenvalue weighted by Gasteiger charge is -2.13. The van der Waals surface area contributed by atoms with E-state index < -0.39 is 29.6 Å². The van der Waals surface area contributed by atoms with Gasteiger partial charge in [-0.25, -0.2) is 13.8 Å². The third kappa shape index (κ3) is 5.75. The van der Waals surface area contributed by atoms with Gasteiger partial charge in [-0.2, -0.15) is 0 Å². The molecule has 0 aliphatic rings. The summed E-state index contributed by atoms with van der Waals surface area (Å²) in [6.07, 6.45) is 1.04. The summed E-state index contributed by atoms with van der Waals surface area (Å²) in [4.78, 5) is 28.2. The number of nitrogens with one attached hydrogen (secondary N) is 1. The minimum atomic E-state index is -0.994. The van der Waals surface area contributed by atoms with Crippen LogP contribution in [-0.4, -0.2) is 23.0 Å². The molecule has 3 aromatic rings. The first kappa shape index (κ1) is 22.1. The Labute approximate surface area is 178 Å². The molecule has 1 aromatic heterocycles. The van der Waals surface area contributed by atoms with Crippen molar-refractivity contribution in [3.8, 4) is 11.3 Å². The molecule has 1 amide bonds. The summed E-state index contributed by atoms with van der Waals surface area (Å²) >= 11 is 0. The second-order valence-electron chi connectivity index (χ2n) is 6.89. The average Bonchev–Trinajstić information content (AvgIpc) is 3.21. The van der Waals surface area contributed by atoms with Crippen LogP contribution in [-0.2, 0) is 27.2 Å². The number of nitrogens with zero attached hydrogens (tertiary/aromatic N) is 1. The predicted molar refractivity (Wildman–Crippen MR) is 110 cm³/mol. The maximum Gasteiger partial charge on any atom is 0.307 e. The van der Waals surface area contributed by atoms with Gasteiger partial charge in [0.05, 0.1) is 18.2 Å². The van der Waals surface area contributed by atoms with Gasteiger partial charge in [-0.15, -0.1) is 0 Å². The van der Waals surface area contributed by atoms with Crippen molar-refractivity contribution < 1.29 is 27.5 Å². The van der Waals surface area contributed by atoms with E-state index in [-0.39, 0.29) is 30.1 Å². The highest BCUT2D eigenvalue weighted by atomic mass is 19.1. The van der Waals surface area contributed by atoms with Gasteiger partial charge in [-0.3, -0.25) is 9.59 Å². The minimum Gasteiger partial charge on any atom is -0.453 e. The maximum absolute atomic E-state index is 13.8. The number of aromatic nitrogens is 1. The van der Waals surface area contributed by atoms with Crippen molar-refractivity contribution in [1.29, 1.82) is 0 Å². The smallest absolute Gasteiger partial charge is 0.307 e. The molecule has 1 atom stereocenters. The molecule has 162 valence electrons. The maximum atomic E-state index is 13.8. The van der Waals surface area contributed by atoms with E-state index in [2.05, 4.69) is 10.3 Å². The number of carbonyl (C=O) groups is 2. The first-order chi connectivity index (χ1) is 14.9. The topological polar surface area (TPSA) is 81.4 Å². The van der Waals surface area contributed by atoms with Gasteiger partial charge in [0.1, 0.15) is 11.6 Å². The zero-order valence-corrected chi connectivity index (χ0v) is 17.2. The quantitative estimate of drug-likeness (QED) is 0.527. The number of hydrogen-bond acceptors (Lipinski definition) is 5. The third-order valence-corrected chi connectivity index (χ3v) is 4.61. The van der Waals surface area contributed by atoms with Crippen LogP contribution in [0.2, 0.25) is 0 Å². The zero-order chi connectivity index (χ0) is 22.4. The molecule has 0 spiro atoms. The van der Waals surface area contributed by atoms with Crippen molar-refractivity contribution in [3.05, 3.63) is 71.8 Å². The lowest BCUT2D eigenvalue weighted by Crippen LogP contribution is -2.30. The molecule has 1 unspecified atom stereocenters. The normalized spacial score (nSPS) is 11.7. The fourth-order valence-corrected chi connectivity index (χ4v) is 2.86. The number of benzene rings is 2. The summed E-state index contributed by atoms with van der Waals surface area (Å²) in [6, 6.07) is 10.9. The van der Waals surface area contributed by atoms with Crippen molar-refractivity contribution in [2.75, 3.05) is 5.32 Å². The van der Waals surface area contributed by atoms with Gasteiger partial charge < -0.3 is 14.5 Å². The molecular formula is C23H22F2N2O4. The molecule has 3 rings (SSSR count). The number of oxazole rings is 1. The van der Waals surface area contributed by atoms with E-state index in [9.17, 15) is 18.4 Å². The molecule has 0 aliphatic heterocycles. The predicted octanol–water partition coefficient (Wildman–Crippen LogP) is 4.69. The van der Waals surface area contributed by atoms with Crippen LogP contribution in [0.3, 0.4) is 0 Å². The van der Waals surface area contributed by atoms with Gasteiger partial charge >= 0.3 is 5.97 Å². The second kappa shape index (κ2) is 9.97. The van der Waals surface area contributed by atoms with Crippen molar-refractivity contribution in [2.45, 2.75) is 39.2 Å². The third-order valence-electron chi connectivity index (χ3n) is 4.61. The Morgan fingerprint density at radius 3 is 2.45 bits per heavy atom. The molecule has 0 saturated heterocycles. The lowest BCUT2D eigenvalue weighted by atomic mass is 10.1. The van der Waals surface area contributed by atoms with Crippen LogP contribution >= 0.6 is 0 Å². The molecule has 1 N–H and O–H groups in total. The Kier molecular flexibility index (Phi) is 7.12. The molecule has 2 aromatic carbocycles. The number of esters is 1. The van der Waals surface area contributed by atoms with Gasteiger partial charge in [-0.05, 0) is 43.2 Å². The van der Waals surface area contributed by atoms with Crippen molar-refractivity contribution in [3.63, 3.8) is 0 Å². The van der Waals surface area contributed by atoms with Crippen LogP contribution in [0.15, 0.2) is 53.1 Å². The number of hydrogen-bond donors (Lipinski definition) is 1. The average molecular weight is 428 g/mol. The first-order valence-electron chi connectivity index (χ1n) is 9.85. The number of halogens is 2. The van der Waals surface area contributed by atoms with E-state index >= 15 is 0 Å². The highest BCUT2D eigenvalue weighted by Crippen LogP contribution is 2.26. The second-order valence-corrected chi connectivity index (χ2v) is 6.89. The fraction of sp³-hybridized carbons (Fsp3) is 0.261. The number of rotatable bonds is 8. The van der Waals surface area contributed by atoms with Crippen molar-refractivity contribution in [1.82, 2.24) is 4.98 Å². The molecule has 0 radical (unpaired) electrons. The first-order valence-corrected chi connectivity index (χ1v) is 9.85. The van der Waals surface area contributed by atoms with Gasteiger partial charge in [0, 0.05) is 12.1 Å². The summed E-state index contributed by atoms with van der Waals surface area (Å²) in [6.45, 7) is 3.50. The molecule has 0 aliphatic carbocycles. The van der Waals surface area contributed by atoms with E-state index in [1.54, 1.807) is 12.1 Å². The monoisotopic (exact) mass is 428 g/mol. The molecule has 6 nitrogen and oxygen atoms in total. The zero-order valence-electron chi connectivity index (χ0n) is 17.2. The number of aryl methyl sites for hydroxylation is 2. The largest absolute Gasteiger partial charge is 0.453 e. The Balaban J connectivity index is 1.50. The van der Waals surface area contributed by atoms with Crippen molar-refractivity contribution in [2.24, 2.45) is 0 Å².